The van der Waals surface area contributed by atoms with E-state index in [0.29, 0.717) is 5.56 Å². The van der Waals surface area contributed by atoms with Gasteiger partial charge in [-0.1, -0.05) is 42.5 Å². The molecule has 0 aliphatic carbocycles. The molecule has 122 valence electrons. The molecule has 4 heteroatoms. The number of fused-ring (bicyclic) bond motifs is 1. The molecule has 3 aromatic carbocycles. The van der Waals surface area contributed by atoms with Crippen LogP contribution in [0.5, 0.6) is 0 Å². The lowest BCUT2D eigenvalue weighted by Crippen LogP contribution is -2.11. The van der Waals surface area contributed by atoms with E-state index in [1.54, 1.807) is 11.3 Å². The second-order valence-corrected chi connectivity index (χ2v) is 6.91. The maximum atomic E-state index is 12.5. The van der Waals surface area contributed by atoms with Gasteiger partial charge in [-0.25, -0.2) is 4.98 Å². The molecule has 0 aliphatic rings. The zero-order valence-corrected chi connectivity index (χ0v) is 14.5. The number of anilines is 1. The van der Waals surface area contributed by atoms with E-state index in [9.17, 15) is 4.79 Å². The summed E-state index contributed by atoms with van der Waals surface area (Å²) in [6, 6.07) is 21.5. The number of carbonyl (C=O) groups excluding carboxylic acids is 1. The van der Waals surface area contributed by atoms with Crippen molar-refractivity contribution in [2.75, 3.05) is 5.32 Å². The van der Waals surface area contributed by atoms with Crippen molar-refractivity contribution in [3.05, 3.63) is 82.7 Å². The zero-order valence-electron chi connectivity index (χ0n) is 13.7. The third-order valence-electron chi connectivity index (χ3n) is 4.07. The highest BCUT2D eigenvalue weighted by atomic mass is 32.1. The van der Waals surface area contributed by atoms with Gasteiger partial charge in [0.05, 0.1) is 10.7 Å². The number of carbonyl (C=O) groups is 1. The summed E-state index contributed by atoms with van der Waals surface area (Å²) in [5.41, 5.74) is 3.44. The van der Waals surface area contributed by atoms with Crippen molar-refractivity contribution in [2.24, 2.45) is 0 Å². The molecule has 0 spiro atoms. The summed E-state index contributed by atoms with van der Waals surface area (Å²) in [7, 11) is 0. The van der Waals surface area contributed by atoms with Crippen molar-refractivity contribution in [3.8, 4) is 11.3 Å². The van der Waals surface area contributed by atoms with Gasteiger partial charge < -0.3 is 5.32 Å². The number of nitrogens with one attached hydrogen (secondary N) is 1. The molecule has 4 aromatic rings. The van der Waals surface area contributed by atoms with Crippen LogP contribution in [-0.4, -0.2) is 10.9 Å². The van der Waals surface area contributed by atoms with Gasteiger partial charge in [0.25, 0.3) is 5.91 Å². The predicted octanol–water partition coefficient (Wildman–Crippen LogP) is 5.52. The average Bonchev–Trinajstić information content (AvgIpc) is 3.08. The SMILES string of the molecule is Cc1nc(-c2ccc(NC(=O)c3ccc4ccccc4c3)cc2)cs1. The number of benzene rings is 3. The molecule has 3 nitrogen and oxygen atoms in total. The Labute approximate surface area is 150 Å². The second-order valence-electron chi connectivity index (χ2n) is 5.85. The van der Waals surface area contributed by atoms with Gasteiger partial charge in [0.1, 0.15) is 0 Å². The largest absolute Gasteiger partial charge is 0.322 e. The summed E-state index contributed by atoms with van der Waals surface area (Å²) in [5, 5.41) is 8.22. The van der Waals surface area contributed by atoms with Crippen LogP contribution in [0.2, 0.25) is 0 Å². The number of aromatic nitrogens is 1. The number of hydrogen-bond acceptors (Lipinski definition) is 3. The van der Waals surface area contributed by atoms with Gasteiger partial charge in [0.2, 0.25) is 0 Å². The molecule has 4 rings (SSSR count). The van der Waals surface area contributed by atoms with Crippen molar-refractivity contribution in [2.45, 2.75) is 6.92 Å². The Hall–Kier alpha value is -2.98. The molecule has 1 N–H and O–H groups in total. The van der Waals surface area contributed by atoms with Crippen molar-refractivity contribution < 1.29 is 4.79 Å². The second kappa shape index (κ2) is 6.49. The van der Waals surface area contributed by atoms with Gasteiger partial charge in [-0.05, 0) is 42.0 Å². The summed E-state index contributed by atoms with van der Waals surface area (Å²) in [6.45, 7) is 1.99. The van der Waals surface area contributed by atoms with E-state index in [1.165, 1.54) is 0 Å². The normalized spacial score (nSPS) is 10.8. The Balaban J connectivity index is 1.53. The van der Waals surface area contributed by atoms with Crippen LogP contribution in [0.15, 0.2) is 72.1 Å². The van der Waals surface area contributed by atoms with Crippen LogP contribution in [0.3, 0.4) is 0 Å². The van der Waals surface area contributed by atoms with Gasteiger partial charge in [-0.3, -0.25) is 4.79 Å². The van der Waals surface area contributed by atoms with E-state index in [2.05, 4.69) is 10.3 Å². The maximum Gasteiger partial charge on any atom is 0.255 e. The van der Waals surface area contributed by atoms with Gasteiger partial charge in [0, 0.05) is 22.2 Å². The Bertz CT molecular complexity index is 1050. The molecule has 0 radical (unpaired) electrons. The molecule has 0 bridgehead atoms. The van der Waals surface area contributed by atoms with E-state index in [4.69, 9.17) is 0 Å². The number of nitrogens with zero attached hydrogens (tertiary/aromatic N) is 1. The number of thiazole rings is 1. The molecule has 0 aliphatic heterocycles. The molecular formula is C21H16N2OS. The molecule has 0 fully saturated rings. The summed E-state index contributed by atoms with van der Waals surface area (Å²) in [5.74, 6) is -0.108. The van der Waals surface area contributed by atoms with Crippen molar-refractivity contribution in [3.63, 3.8) is 0 Å². The molecule has 1 aromatic heterocycles. The maximum absolute atomic E-state index is 12.5. The van der Waals surface area contributed by atoms with Crippen LogP contribution in [0.1, 0.15) is 15.4 Å². The molecule has 1 amide bonds. The quantitative estimate of drug-likeness (QED) is 0.531. The lowest BCUT2D eigenvalue weighted by Gasteiger charge is -2.07. The smallest absolute Gasteiger partial charge is 0.255 e. The fraction of sp³-hybridized carbons (Fsp3) is 0.0476. The highest BCUT2D eigenvalue weighted by Gasteiger charge is 2.08. The van der Waals surface area contributed by atoms with Gasteiger partial charge in [-0.2, -0.15) is 0 Å². The summed E-state index contributed by atoms with van der Waals surface area (Å²) >= 11 is 1.63. The molecule has 0 saturated carbocycles. The first-order valence-corrected chi connectivity index (χ1v) is 8.90. The Morgan fingerprint density at radius 2 is 1.72 bits per heavy atom. The minimum absolute atomic E-state index is 0.108. The van der Waals surface area contributed by atoms with Crippen LogP contribution in [0, 0.1) is 6.92 Å². The highest BCUT2D eigenvalue weighted by molar-refractivity contribution is 7.09. The fourth-order valence-corrected chi connectivity index (χ4v) is 3.38. The summed E-state index contributed by atoms with van der Waals surface area (Å²) in [6.07, 6.45) is 0. The molecule has 1 heterocycles. The molecular weight excluding hydrogens is 328 g/mol. The molecule has 25 heavy (non-hydrogen) atoms. The number of amides is 1. The lowest BCUT2D eigenvalue weighted by molar-refractivity contribution is 0.102. The van der Waals surface area contributed by atoms with Gasteiger partial charge >= 0.3 is 0 Å². The highest BCUT2D eigenvalue weighted by Crippen LogP contribution is 2.23. The zero-order chi connectivity index (χ0) is 17.2. The number of hydrogen-bond donors (Lipinski definition) is 1. The van der Waals surface area contributed by atoms with Crippen LogP contribution in [0.4, 0.5) is 5.69 Å². The van der Waals surface area contributed by atoms with E-state index in [-0.39, 0.29) is 5.91 Å². The number of rotatable bonds is 3. The van der Waals surface area contributed by atoms with E-state index < -0.39 is 0 Å². The topological polar surface area (TPSA) is 42.0 Å². The third kappa shape index (κ3) is 3.30. The van der Waals surface area contributed by atoms with Gasteiger partial charge in [-0.15, -0.1) is 11.3 Å². The van der Waals surface area contributed by atoms with Crippen LogP contribution >= 0.6 is 11.3 Å². The third-order valence-corrected chi connectivity index (χ3v) is 4.84. The van der Waals surface area contributed by atoms with Crippen LogP contribution < -0.4 is 5.32 Å². The van der Waals surface area contributed by atoms with Crippen molar-refractivity contribution in [1.82, 2.24) is 4.98 Å². The first kappa shape index (κ1) is 15.5. The summed E-state index contributed by atoms with van der Waals surface area (Å²) < 4.78 is 0. The molecule has 0 unspecified atom stereocenters. The van der Waals surface area contributed by atoms with Crippen molar-refractivity contribution >= 4 is 33.7 Å². The van der Waals surface area contributed by atoms with E-state index in [0.717, 1.165) is 32.7 Å². The van der Waals surface area contributed by atoms with Gasteiger partial charge in [0.15, 0.2) is 0 Å². The van der Waals surface area contributed by atoms with E-state index >= 15 is 0 Å². The monoisotopic (exact) mass is 344 g/mol. The van der Waals surface area contributed by atoms with Crippen LogP contribution in [-0.2, 0) is 0 Å². The minimum atomic E-state index is -0.108. The Morgan fingerprint density at radius 3 is 2.44 bits per heavy atom. The Morgan fingerprint density at radius 1 is 0.960 bits per heavy atom. The standard InChI is InChI=1S/C21H16N2OS/c1-14-22-20(13-25-14)16-8-10-19(11-9-16)23-21(24)18-7-6-15-4-2-3-5-17(15)12-18/h2-13H,1H3,(H,23,24). The first-order valence-electron chi connectivity index (χ1n) is 8.02. The van der Waals surface area contributed by atoms with Crippen LogP contribution in [0.25, 0.3) is 22.0 Å². The Kier molecular flexibility index (Phi) is 4.04. The fourth-order valence-electron chi connectivity index (χ4n) is 2.75. The first-order chi connectivity index (χ1) is 12.2. The lowest BCUT2D eigenvalue weighted by atomic mass is 10.1. The molecule has 0 saturated heterocycles. The predicted molar refractivity (Wildman–Crippen MR) is 104 cm³/mol. The van der Waals surface area contributed by atoms with Crippen molar-refractivity contribution in [1.29, 1.82) is 0 Å². The average molecular weight is 344 g/mol. The molecule has 0 atom stereocenters. The van der Waals surface area contributed by atoms with E-state index in [1.807, 2.05) is 79.0 Å². The number of aryl methyl sites for hydroxylation is 1. The summed E-state index contributed by atoms with van der Waals surface area (Å²) in [4.78, 5) is 17.0. The minimum Gasteiger partial charge on any atom is -0.322 e.